The highest BCUT2D eigenvalue weighted by atomic mass is 19.1. The predicted molar refractivity (Wildman–Crippen MR) is 121 cm³/mol. The fraction of sp³-hybridized carbons (Fsp3) is 0.360. The molecule has 1 atom stereocenters. The number of nitrogens with one attached hydrogen (secondary N) is 1. The molecule has 2 N–H and O–H groups in total. The summed E-state index contributed by atoms with van der Waals surface area (Å²) in [6.45, 7) is 3.47. The number of benzene rings is 2. The number of carbonyl (C=O) groups is 1. The molecule has 1 aromatic heterocycles. The maximum absolute atomic E-state index is 14.4. The molecule has 2 aromatic carbocycles. The van der Waals surface area contributed by atoms with E-state index in [1.54, 1.807) is 25.1 Å². The van der Waals surface area contributed by atoms with Crippen LogP contribution < -0.4 is 15.6 Å². The van der Waals surface area contributed by atoms with E-state index in [2.05, 4.69) is 10.2 Å². The zero-order chi connectivity index (χ0) is 22.5. The number of piperidine rings is 1. The first-order valence-corrected chi connectivity index (χ1v) is 11.0. The summed E-state index contributed by atoms with van der Waals surface area (Å²) in [7, 11) is 0. The molecule has 0 amide bonds. The average Bonchev–Trinajstić information content (AvgIpc) is 3.53. The van der Waals surface area contributed by atoms with Crippen molar-refractivity contribution in [1.29, 1.82) is 0 Å². The molecule has 32 heavy (non-hydrogen) atoms. The van der Waals surface area contributed by atoms with Gasteiger partial charge < -0.3 is 19.7 Å². The van der Waals surface area contributed by atoms with Gasteiger partial charge in [-0.15, -0.1) is 0 Å². The average molecular weight is 436 g/mol. The first kappa shape index (κ1) is 20.5. The Morgan fingerprint density at radius 3 is 2.56 bits per heavy atom. The second kappa shape index (κ2) is 7.65. The van der Waals surface area contributed by atoms with E-state index in [0.717, 1.165) is 25.9 Å². The molecule has 5 rings (SSSR count). The van der Waals surface area contributed by atoms with Gasteiger partial charge in [-0.05, 0) is 62.3 Å². The maximum Gasteiger partial charge on any atom is 0.337 e. The number of nitrogens with zero attached hydrogens (tertiary/aromatic N) is 1. The summed E-state index contributed by atoms with van der Waals surface area (Å²) < 4.78 is 20.6. The highest BCUT2D eigenvalue weighted by molar-refractivity contribution is 5.94. The molecule has 2 aliphatic rings. The Hall–Kier alpha value is -3.35. The van der Waals surface area contributed by atoms with Crippen molar-refractivity contribution in [1.82, 2.24) is 0 Å². The van der Waals surface area contributed by atoms with Crippen LogP contribution in [0.15, 0.2) is 51.7 Å². The number of para-hydroxylation sites is 1. The number of aromatic carboxylic acids is 1. The van der Waals surface area contributed by atoms with E-state index in [1.165, 1.54) is 37.1 Å². The van der Waals surface area contributed by atoms with Gasteiger partial charge in [0.25, 0.3) is 0 Å². The van der Waals surface area contributed by atoms with Gasteiger partial charge in [0.2, 0.25) is 0 Å². The topological polar surface area (TPSA) is 82.8 Å². The molecule has 1 aliphatic heterocycles. The number of fused-ring (bicyclic) bond motifs is 1. The lowest BCUT2D eigenvalue weighted by Crippen LogP contribution is -2.34. The Balaban J connectivity index is 1.53. The molecule has 166 valence electrons. The largest absolute Gasteiger partial charge is 0.478 e. The van der Waals surface area contributed by atoms with E-state index in [0.29, 0.717) is 28.1 Å². The van der Waals surface area contributed by atoms with E-state index in [9.17, 15) is 19.1 Å². The molecule has 2 heterocycles. The van der Waals surface area contributed by atoms with Crippen LogP contribution in [-0.4, -0.2) is 24.2 Å². The van der Waals surface area contributed by atoms with Crippen molar-refractivity contribution in [2.24, 2.45) is 5.41 Å². The molecule has 0 radical (unpaired) electrons. The van der Waals surface area contributed by atoms with E-state index < -0.39 is 17.8 Å². The molecular formula is C25H25FN2O4. The van der Waals surface area contributed by atoms with Gasteiger partial charge in [0.1, 0.15) is 11.4 Å². The van der Waals surface area contributed by atoms with E-state index >= 15 is 0 Å². The number of rotatable bonds is 5. The molecule has 1 aliphatic carbocycles. The zero-order valence-electron chi connectivity index (χ0n) is 17.9. The summed E-state index contributed by atoms with van der Waals surface area (Å²) in [5, 5.41) is 12.8. The summed E-state index contributed by atoms with van der Waals surface area (Å²) in [6, 6.07) is 10.0. The maximum atomic E-state index is 14.4. The molecule has 1 saturated carbocycles. The fourth-order valence-electron chi connectivity index (χ4n) is 4.70. The quantitative estimate of drug-likeness (QED) is 0.573. The third-order valence-corrected chi connectivity index (χ3v) is 6.90. The smallest absolute Gasteiger partial charge is 0.337 e. The fourth-order valence-corrected chi connectivity index (χ4v) is 4.70. The van der Waals surface area contributed by atoms with Gasteiger partial charge in [-0.1, -0.05) is 12.1 Å². The summed E-state index contributed by atoms with van der Waals surface area (Å²) in [5.41, 5.74) is 1.53. The molecule has 6 nitrogen and oxygen atoms in total. The molecule has 0 bridgehead atoms. The monoisotopic (exact) mass is 436 g/mol. The predicted octanol–water partition coefficient (Wildman–Crippen LogP) is 5.18. The van der Waals surface area contributed by atoms with Crippen LogP contribution in [0.25, 0.3) is 11.0 Å². The van der Waals surface area contributed by atoms with Crippen molar-refractivity contribution in [3.63, 3.8) is 0 Å². The van der Waals surface area contributed by atoms with Crippen LogP contribution in [0.3, 0.4) is 0 Å². The SMILES string of the molecule is C[C@@H](Nc1ccccc1C(=O)O)c1cc(F)cc2c(=O)cc(N3CCC4(CC3)CC4)oc12. The number of halogens is 1. The first-order valence-electron chi connectivity index (χ1n) is 11.0. The lowest BCUT2D eigenvalue weighted by atomic mass is 9.94. The molecule has 2 fully saturated rings. The summed E-state index contributed by atoms with van der Waals surface area (Å²) in [5.74, 6) is -1.10. The summed E-state index contributed by atoms with van der Waals surface area (Å²) in [4.78, 5) is 26.5. The molecular weight excluding hydrogens is 411 g/mol. The van der Waals surface area contributed by atoms with E-state index in [1.807, 2.05) is 0 Å². The Bertz CT molecular complexity index is 1250. The second-order valence-corrected chi connectivity index (χ2v) is 9.02. The lowest BCUT2D eigenvalue weighted by Gasteiger charge is -2.32. The molecule has 7 heteroatoms. The normalized spacial score (nSPS) is 18.0. The number of hydrogen-bond donors (Lipinski definition) is 2. The highest BCUT2D eigenvalue weighted by Gasteiger charge is 2.44. The van der Waals surface area contributed by atoms with Gasteiger partial charge in [-0.25, -0.2) is 9.18 Å². The van der Waals surface area contributed by atoms with Crippen LogP contribution in [0.2, 0.25) is 0 Å². The molecule has 1 saturated heterocycles. The standard InChI is InChI=1S/C25H25FN2O4/c1-15(27-20-5-3-2-4-17(20)24(30)31)18-12-16(26)13-19-21(29)14-22(32-23(18)19)28-10-8-25(6-7-25)9-11-28/h2-5,12-15,27H,6-11H2,1H3,(H,30,31)/t15-/m1/s1. The van der Waals surface area contributed by atoms with Crippen LogP contribution in [0.4, 0.5) is 16.0 Å². The number of hydrogen-bond acceptors (Lipinski definition) is 5. The summed E-state index contributed by atoms with van der Waals surface area (Å²) in [6.07, 6.45) is 4.75. The van der Waals surface area contributed by atoms with E-state index in [4.69, 9.17) is 4.42 Å². The minimum atomic E-state index is -1.06. The van der Waals surface area contributed by atoms with Crippen molar-refractivity contribution >= 4 is 28.5 Å². The lowest BCUT2D eigenvalue weighted by molar-refractivity contribution is 0.0698. The van der Waals surface area contributed by atoms with Crippen molar-refractivity contribution in [2.45, 2.75) is 38.6 Å². The Kier molecular flexibility index (Phi) is 4.92. The second-order valence-electron chi connectivity index (χ2n) is 9.02. The van der Waals surface area contributed by atoms with Crippen LogP contribution >= 0.6 is 0 Å². The van der Waals surface area contributed by atoms with Gasteiger partial charge >= 0.3 is 5.97 Å². The third kappa shape index (κ3) is 3.72. The van der Waals surface area contributed by atoms with Gasteiger partial charge in [-0.3, -0.25) is 4.79 Å². The van der Waals surface area contributed by atoms with Crippen molar-refractivity contribution in [3.8, 4) is 0 Å². The molecule has 0 unspecified atom stereocenters. The van der Waals surface area contributed by atoms with Crippen LogP contribution in [0, 0.1) is 11.2 Å². The Morgan fingerprint density at radius 1 is 1.16 bits per heavy atom. The number of carboxylic acid groups (broad SMARTS) is 1. The number of carboxylic acids is 1. The Morgan fingerprint density at radius 2 is 1.88 bits per heavy atom. The van der Waals surface area contributed by atoms with Crippen molar-refractivity contribution in [2.75, 3.05) is 23.3 Å². The van der Waals surface area contributed by atoms with Gasteiger partial charge in [0.15, 0.2) is 11.3 Å². The zero-order valence-corrected chi connectivity index (χ0v) is 17.9. The minimum absolute atomic E-state index is 0.115. The van der Waals surface area contributed by atoms with Crippen molar-refractivity contribution < 1.29 is 18.7 Å². The van der Waals surface area contributed by atoms with E-state index in [-0.39, 0.29) is 16.4 Å². The highest BCUT2D eigenvalue weighted by Crippen LogP contribution is 2.54. The molecule has 1 spiro atoms. The third-order valence-electron chi connectivity index (χ3n) is 6.90. The first-order chi connectivity index (χ1) is 15.3. The van der Waals surface area contributed by atoms with Gasteiger partial charge in [0.05, 0.1) is 17.0 Å². The van der Waals surface area contributed by atoms with Crippen molar-refractivity contribution in [3.05, 3.63) is 69.6 Å². The van der Waals surface area contributed by atoms with Crippen LogP contribution in [0.5, 0.6) is 0 Å². The number of anilines is 2. The van der Waals surface area contributed by atoms with Crippen LogP contribution in [0.1, 0.15) is 54.6 Å². The van der Waals surface area contributed by atoms with Gasteiger partial charge in [0, 0.05) is 30.4 Å². The minimum Gasteiger partial charge on any atom is -0.478 e. The summed E-state index contributed by atoms with van der Waals surface area (Å²) >= 11 is 0. The van der Waals surface area contributed by atoms with Crippen LogP contribution in [-0.2, 0) is 0 Å². The van der Waals surface area contributed by atoms with Gasteiger partial charge in [-0.2, -0.15) is 0 Å². The molecule has 3 aromatic rings. The Labute approximate surface area is 184 Å².